The van der Waals surface area contributed by atoms with Crippen LogP contribution in [0.2, 0.25) is 0 Å². The van der Waals surface area contributed by atoms with E-state index in [1.807, 2.05) is 0 Å². The van der Waals surface area contributed by atoms with Gasteiger partial charge in [-0.25, -0.2) is 18.5 Å². The second-order valence-corrected chi connectivity index (χ2v) is 8.79. The van der Waals surface area contributed by atoms with Crippen molar-refractivity contribution in [3.63, 3.8) is 0 Å². The number of alkyl halides is 3. The van der Waals surface area contributed by atoms with Crippen molar-refractivity contribution >= 4 is 33.0 Å². The van der Waals surface area contributed by atoms with Crippen LogP contribution in [0.15, 0.2) is 53.4 Å². The first-order valence-corrected chi connectivity index (χ1v) is 10.4. The number of sulfonamides is 1. The molecule has 0 fully saturated rings. The maximum atomic E-state index is 12.7. The number of hydrogen-bond donors (Lipinski definition) is 2. The second-order valence-electron chi connectivity index (χ2n) is 6.03. The van der Waals surface area contributed by atoms with Crippen LogP contribution in [-0.2, 0) is 16.2 Å². The summed E-state index contributed by atoms with van der Waals surface area (Å²) >= 11 is 1.16. The number of nitrogens with one attached hydrogen (secondary N) is 1. The molecule has 0 atom stereocenters. The molecule has 0 unspecified atom stereocenters. The molecule has 0 saturated carbocycles. The zero-order valence-corrected chi connectivity index (χ0v) is 16.5. The van der Waals surface area contributed by atoms with E-state index in [2.05, 4.69) is 10.3 Å². The number of benzene rings is 2. The molecule has 11 heteroatoms. The number of aryl methyl sites for hydroxylation is 1. The number of nitrogens with zero attached hydrogens (tertiary/aromatic N) is 1. The van der Waals surface area contributed by atoms with E-state index in [0.717, 1.165) is 23.5 Å². The number of hydrogen-bond acceptors (Lipinski definition) is 5. The van der Waals surface area contributed by atoms with Crippen molar-refractivity contribution in [2.45, 2.75) is 18.0 Å². The van der Waals surface area contributed by atoms with Crippen LogP contribution in [0, 0.1) is 6.92 Å². The highest BCUT2D eigenvalue weighted by Gasteiger charge is 2.30. The van der Waals surface area contributed by atoms with E-state index < -0.39 is 27.7 Å². The van der Waals surface area contributed by atoms with Gasteiger partial charge >= 0.3 is 6.18 Å². The maximum absolute atomic E-state index is 12.7. The molecule has 1 amide bonds. The molecule has 3 aromatic rings. The van der Waals surface area contributed by atoms with Gasteiger partial charge in [0.2, 0.25) is 10.0 Å². The Balaban J connectivity index is 1.84. The summed E-state index contributed by atoms with van der Waals surface area (Å²) in [6.07, 6.45) is -4.44. The Kier molecular flexibility index (Phi) is 5.48. The summed E-state index contributed by atoms with van der Waals surface area (Å²) in [6, 6.07) is 9.90. The van der Waals surface area contributed by atoms with Crippen molar-refractivity contribution < 1.29 is 26.4 Å². The minimum atomic E-state index is -4.44. The number of amides is 1. The summed E-state index contributed by atoms with van der Waals surface area (Å²) in [6.45, 7) is 1.65. The Morgan fingerprint density at radius 2 is 1.79 bits per heavy atom. The summed E-state index contributed by atoms with van der Waals surface area (Å²) in [5.41, 5.74) is -0.0282. The van der Waals surface area contributed by atoms with E-state index in [1.54, 1.807) is 6.92 Å². The monoisotopic (exact) mass is 441 g/mol. The van der Waals surface area contributed by atoms with Crippen LogP contribution in [0.3, 0.4) is 0 Å². The molecule has 2 aromatic carbocycles. The van der Waals surface area contributed by atoms with Gasteiger partial charge in [0.25, 0.3) is 5.91 Å². The lowest BCUT2D eigenvalue weighted by atomic mass is 10.1. The lowest BCUT2D eigenvalue weighted by molar-refractivity contribution is -0.137. The van der Waals surface area contributed by atoms with Crippen molar-refractivity contribution in [3.8, 4) is 10.6 Å². The molecule has 0 radical (unpaired) electrons. The van der Waals surface area contributed by atoms with E-state index in [4.69, 9.17) is 5.14 Å². The predicted octanol–water partition coefficient (Wildman–Crippen LogP) is 4.04. The molecular weight excluding hydrogens is 427 g/mol. The number of primary sulfonamides is 1. The topological polar surface area (TPSA) is 102 Å². The summed E-state index contributed by atoms with van der Waals surface area (Å²) in [5.74, 6) is -0.580. The number of aromatic nitrogens is 1. The molecule has 1 aromatic heterocycles. The van der Waals surface area contributed by atoms with Crippen LogP contribution >= 0.6 is 11.3 Å². The molecule has 3 rings (SSSR count). The zero-order valence-electron chi connectivity index (χ0n) is 14.8. The maximum Gasteiger partial charge on any atom is 0.416 e. The molecule has 0 aliphatic heterocycles. The fourth-order valence-electron chi connectivity index (χ4n) is 2.47. The molecule has 152 valence electrons. The Bertz CT molecular complexity index is 1170. The highest BCUT2D eigenvalue weighted by atomic mass is 32.2. The Morgan fingerprint density at radius 1 is 1.14 bits per heavy atom. The van der Waals surface area contributed by atoms with Crippen LogP contribution in [0.1, 0.15) is 20.9 Å². The normalized spacial score (nSPS) is 12.0. The Morgan fingerprint density at radius 3 is 2.38 bits per heavy atom. The SMILES string of the molecule is Cc1sc(-c2ccc(C(F)(F)F)cc2)nc1C(=O)Nc1cccc(S(N)(=O)=O)c1. The molecule has 1 heterocycles. The minimum absolute atomic E-state index is 0.0888. The van der Waals surface area contributed by atoms with Crippen molar-refractivity contribution in [1.29, 1.82) is 0 Å². The second kappa shape index (κ2) is 7.58. The first kappa shape index (κ1) is 21.0. The van der Waals surface area contributed by atoms with Crippen LogP contribution in [0.25, 0.3) is 10.6 Å². The van der Waals surface area contributed by atoms with Gasteiger partial charge < -0.3 is 5.32 Å². The van der Waals surface area contributed by atoms with Gasteiger partial charge in [-0.15, -0.1) is 11.3 Å². The van der Waals surface area contributed by atoms with Crippen LogP contribution in [-0.4, -0.2) is 19.3 Å². The first-order chi connectivity index (χ1) is 13.4. The fraction of sp³-hybridized carbons (Fsp3) is 0.111. The predicted molar refractivity (Wildman–Crippen MR) is 103 cm³/mol. The molecule has 0 aliphatic rings. The average Bonchev–Trinajstić information content (AvgIpc) is 3.02. The molecule has 0 saturated heterocycles. The summed E-state index contributed by atoms with van der Waals surface area (Å²) in [5, 5.41) is 8.01. The van der Waals surface area contributed by atoms with Crippen molar-refractivity contribution in [2.75, 3.05) is 5.32 Å². The quantitative estimate of drug-likeness (QED) is 0.638. The third-order valence-electron chi connectivity index (χ3n) is 3.89. The fourth-order valence-corrected chi connectivity index (χ4v) is 3.95. The Labute approximate surface area is 168 Å². The third kappa shape index (κ3) is 4.81. The van der Waals surface area contributed by atoms with Crippen molar-refractivity contribution in [2.24, 2.45) is 5.14 Å². The lowest BCUT2D eigenvalue weighted by Gasteiger charge is -2.06. The molecule has 6 nitrogen and oxygen atoms in total. The first-order valence-electron chi connectivity index (χ1n) is 8.04. The van der Waals surface area contributed by atoms with Gasteiger partial charge in [0.05, 0.1) is 10.5 Å². The molecule has 3 N–H and O–H groups in total. The molecular formula is C18H14F3N3O3S2. The standard InChI is InChI=1S/C18H14F3N3O3S2/c1-10-15(16(25)23-13-3-2-4-14(9-13)29(22,26)27)24-17(28-10)11-5-7-12(8-6-11)18(19,20)21/h2-9H,1H3,(H,23,25)(H2,22,26,27). The van der Waals surface area contributed by atoms with Gasteiger partial charge in [0, 0.05) is 16.1 Å². The number of carbonyl (C=O) groups is 1. The summed E-state index contributed by atoms with van der Waals surface area (Å²) in [4.78, 5) is 17.2. The molecule has 0 aliphatic carbocycles. The summed E-state index contributed by atoms with van der Waals surface area (Å²) < 4.78 is 60.9. The van der Waals surface area contributed by atoms with E-state index in [1.165, 1.54) is 36.4 Å². The van der Waals surface area contributed by atoms with E-state index in [0.29, 0.717) is 15.4 Å². The molecule has 29 heavy (non-hydrogen) atoms. The van der Waals surface area contributed by atoms with Crippen LogP contribution in [0.4, 0.5) is 18.9 Å². The largest absolute Gasteiger partial charge is 0.416 e. The third-order valence-corrected chi connectivity index (χ3v) is 5.82. The highest BCUT2D eigenvalue weighted by molar-refractivity contribution is 7.89. The van der Waals surface area contributed by atoms with E-state index >= 15 is 0 Å². The van der Waals surface area contributed by atoms with Crippen molar-refractivity contribution in [1.82, 2.24) is 4.98 Å². The smallest absolute Gasteiger partial charge is 0.321 e. The number of carbonyl (C=O) groups excluding carboxylic acids is 1. The zero-order chi connectivity index (χ0) is 21.4. The van der Waals surface area contributed by atoms with Gasteiger partial charge in [-0.05, 0) is 37.3 Å². The van der Waals surface area contributed by atoms with E-state index in [9.17, 15) is 26.4 Å². The van der Waals surface area contributed by atoms with Crippen molar-refractivity contribution in [3.05, 3.63) is 64.7 Å². The van der Waals surface area contributed by atoms with Crippen LogP contribution < -0.4 is 10.5 Å². The number of thiazole rings is 1. The van der Waals surface area contributed by atoms with Gasteiger partial charge in [-0.1, -0.05) is 18.2 Å². The number of nitrogens with two attached hydrogens (primary N) is 1. The molecule has 0 spiro atoms. The summed E-state index contributed by atoms with van der Waals surface area (Å²) in [7, 11) is -3.92. The number of rotatable bonds is 4. The average molecular weight is 441 g/mol. The number of anilines is 1. The van der Waals surface area contributed by atoms with Gasteiger partial charge in [0.1, 0.15) is 10.7 Å². The van der Waals surface area contributed by atoms with Gasteiger partial charge in [-0.2, -0.15) is 13.2 Å². The highest BCUT2D eigenvalue weighted by Crippen LogP contribution is 2.33. The lowest BCUT2D eigenvalue weighted by Crippen LogP contribution is -2.15. The Hall–Kier alpha value is -2.76. The van der Waals surface area contributed by atoms with Gasteiger partial charge in [-0.3, -0.25) is 4.79 Å². The van der Waals surface area contributed by atoms with Crippen LogP contribution in [0.5, 0.6) is 0 Å². The number of halogens is 3. The van der Waals surface area contributed by atoms with E-state index in [-0.39, 0.29) is 16.3 Å². The van der Waals surface area contributed by atoms with Gasteiger partial charge in [0.15, 0.2) is 0 Å². The molecule has 0 bridgehead atoms. The minimum Gasteiger partial charge on any atom is -0.321 e.